The average molecular weight is 258 g/mol. The van der Waals surface area contributed by atoms with Gasteiger partial charge in [0, 0.05) is 0 Å². The zero-order valence-electron chi connectivity index (χ0n) is 11.6. The van der Waals surface area contributed by atoms with Gasteiger partial charge in [-0.1, -0.05) is 19.9 Å². The highest BCUT2D eigenvalue weighted by Gasteiger charge is 2.20. The molecule has 0 saturated heterocycles. The minimum Gasteiger partial charge on any atom is -0.478 e. The summed E-state index contributed by atoms with van der Waals surface area (Å²) in [6, 6.07) is 6.02. The predicted molar refractivity (Wildman–Crippen MR) is 74.1 cm³/mol. The lowest BCUT2D eigenvalue weighted by Crippen LogP contribution is -2.08. The van der Waals surface area contributed by atoms with Crippen LogP contribution in [0.15, 0.2) is 24.4 Å². The van der Waals surface area contributed by atoms with E-state index >= 15 is 0 Å². The maximum absolute atomic E-state index is 11.2. The van der Waals surface area contributed by atoms with Crippen LogP contribution >= 0.6 is 0 Å². The third-order valence-corrected chi connectivity index (χ3v) is 3.32. The second kappa shape index (κ2) is 4.88. The Kier molecular flexibility index (Phi) is 3.42. The number of hydrogen-bond donors (Lipinski definition) is 1. The zero-order valence-corrected chi connectivity index (χ0v) is 11.6. The van der Waals surface area contributed by atoms with Crippen molar-refractivity contribution in [1.29, 1.82) is 0 Å². The quantitative estimate of drug-likeness (QED) is 0.918. The van der Waals surface area contributed by atoms with Gasteiger partial charge in [-0.15, -0.1) is 0 Å². The molecule has 0 bridgehead atoms. The molecule has 0 aliphatic carbocycles. The summed E-state index contributed by atoms with van der Waals surface area (Å²) in [5.74, 6) is -0.839. The molecule has 0 fully saturated rings. The second-order valence-electron chi connectivity index (χ2n) is 5.08. The van der Waals surface area contributed by atoms with Crippen molar-refractivity contribution in [2.45, 2.75) is 33.6 Å². The molecule has 100 valence electrons. The van der Waals surface area contributed by atoms with E-state index < -0.39 is 5.97 Å². The van der Waals surface area contributed by atoms with Crippen molar-refractivity contribution in [3.63, 3.8) is 0 Å². The summed E-state index contributed by atoms with van der Waals surface area (Å²) in [4.78, 5) is 11.2. The molecule has 0 amide bonds. The third-order valence-electron chi connectivity index (χ3n) is 3.32. The molecule has 4 heteroatoms. The Morgan fingerprint density at radius 2 is 1.95 bits per heavy atom. The molecule has 1 heterocycles. The Hall–Kier alpha value is -2.10. The fraction of sp³-hybridized carbons (Fsp3) is 0.333. The number of aromatic carboxylic acids is 1. The van der Waals surface area contributed by atoms with Gasteiger partial charge in [0.25, 0.3) is 0 Å². The lowest BCUT2D eigenvalue weighted by molar-refractivity contribution is 0.0695. The molecule has 0 radical (unpaired) electrons. The van der Waals surface area contributed by atoms with Crippen LogP contribution in [0.1, 0.15) is 46.9 Å². The number of benzene rings is 1. The zero-order chi connectivity index (χ0) is 14.2. The number of nitrogens with zero attached hydrogens (tertiary/aromatic N) is 2. The minimum atomic E-state index is -0.932. The van der Waals surface area contributed by atoms with Crippen LogP contribution in [0, 0.1) is 13.8 Å². The molecule has 4 nitrogen and oxygen atoms in total. The third kappa shape index (κ3) is 2.38. The maximum atomic E-state index is 11.2. The van der Waals surface area contributed by atoms with Crippen molar-refractivity contribution in [2.75, 3.05) is 0 Å². The lowest BCUT2D eigenvalue weighted by Gasteiger charge is -2.12. The van der Waals surface area contributed by atoms with Crippen molar-refractivity contribution in [1.82, 2.24) is 9.78 Å². The maximum Gasteiger partial charge on any atom is 0.339 e. The summed E-state index contributed by atoms with van der Waals surface area (Å²) < 4.78 is 1.72. The van der Waals surface area contributed by atoms with E-state index in [4.69, 9.17) is 0 Å². The highest BCUT2D eigenvalue weighted by Crippen LogP contribution is 2.24. The van der Waals surface area contributed by atoms with Crippen LogP contribution in [0.5, 0.6) is 0 Å². The van der Waals surface area contributed by atoms with Crippen molar-refractivity contribution < 1.29 is 9.90 Å². The summed E-state index contributed by atoms with van der Waals surface area (Å²) in [5, 5.41) is 13.5. The van der Waals surface area contributed by atoms with Gasteiger partial charge in [-0.2, -0.15) is 5.10 Å². The monoisotopic (exact) mass is 258 g/mol. The SMILES string of the molecule is Cc1ccc(-n2ncc(C(=O)O)c2C(C)C)cc1C. The number of carbonyl (C=O) groups is 1. The number of aryl methyl sites for hydroxylation is 2. The largest absolute Gasteiger partial charge is 0.478 e. The van der Waals surface area contributed by atoms with Gasteiger partial charge in [-0.25, -0.2) is 9.48 Å². The van der Waals surface area contributed by atoms with Crippen molar-refractivity contribution in [3.05, 3.63) is 46.8 Å². The van der Waals surface area contributed by atoms with E-state index in [2.05, 4.69) is 5.10 Å². The Morgan fingerprint density at radius 3 is 2.47 bits per heavy atom. The van der Waals surface area contributed by atoms with Crippen LogP contribution in [0.2, 0.25) is 0 Å². The van der Waals surface area contributed by atoms with E-state index in [1.165, 1.54) is 17.3 Å². The van der Waals surface area contributed by atoms with Gasteiger partial charge in [0.15, 0.2) is 0 Å². The minimum absolute atomic E-state index is 0.0928. The molecule has 0 atom stereocenters. The molecule has 0 aliphatic rings. The van der Waals surface area contributed by atoms with Crippen molar-refractivity contribution >= 4 is 5.97 Å². The van der Waals surface area contributed by atoms with Gasteiger partial charge in [-0.3, -0.25) is 0 Å². The van der Waals surface area contributed by atoms with E-state index in [1.54, 1.807) is 4.68 Å². The number of aromatic nitrogens is 2. The molecule has 1 aromatic carbocycles. The standard InChI is InChI=1S/C15H18N2O2/c1-9(2)14-13(15(18)19)8-16-17(14)12-6-5-10(3)11(4)7-12/h5-9H,1-4H3,(H,18,19). The van der Waals surface area contributed by atoms with Crippen LogP contribution in [0.3, 0.4) is 0 Å². The molecule has 0 spiro atoms. The highest BCUT2D eigenvalue weighted by molar-refractivity contribution is 5.89. The van der Waals surface area contributed by atoms with E-state index in [0.29, 0.717) is 0 Å². The normalized spacial score (nSPS) is 11.0. The summed E-state index contributed by atoms with van der Waals surface area (Å²) in [6.07, 6.45) is 1.42. The van der Waals surface area contributed by atoms with Crippen molar-refractivity contribution in [2.24, 2.45) is 0 Å². The van der Waals surface area contributed by atoms with Crippen LogP contribution in [-0.2, 0) is 0 Å². The summed E-state index contributed by atoms with van der Waals surface area (Å²) in [7, 11) is 0. The second-order valence-corrected chi connectivity index (χ2v) is 5.08. The molecule has 2 aromatic rings. The van der Waals surface area contributed by atoms with E-state index in [1.807, 2.05) is 45.9 Å². The smallest absolute Gasteiger partial charge is 0.339 e. The van der Waals surface area contributed by atoms with E-state index in [9.17, 15) is 9.90 Å². The van der Waals surface area contributed by atoms with Gasteiger partial charge in [-0.05, 0) is 43.0 Å². The number of hydrogen-bond acceptors (Lipinski definition) is 2. The van der Waals surface area contributed by atoms with Gasteiger partial charge < -0.3 is 5.11 Å². The Balaban J connectivity index is 2.62. The fourth-order valence-electron chi connectivity index (χ4n) is 2.14. The van der Waals surface area contributed by atoms with Gasteiger partial charge in [0.2, 0.25) is 0 Å². The fourth-order valence-corrected chi connectivity index (χ4v) is 2.14. The summed E-state index contributed by atoms with van der Waals surface area (Å²) in [6.45, 7) is 8.03. The van der Waals surface area contributed by atoms with Gasteiger partial charge in [0.05, 0.1) is 17.6 Å². The van der Waals surface area contributed by atoms with E-state index in [0.717, 1.165) is 11.4 Å². The molecular formula is C15H18N2O2. The first-order chi connectivity index (χ1) is 8.91. The van der Waals surface area contributed by atoms with Crippen LogP contribution in [0.25, 0.3) is 5.69 Å². The Labute approximate surface area is 112 Å². The topological polar surface area (TPSA) is 55.1 Å². The number of carboxylic acid groups (broad SMARTS) is 1. The molecular weight excluding hydrogens is 240 g/mol. The number of carboxylic acids is 1. The molecule has 19 heavy (non-hydrogen) atoms. The van der Waals surface area contributed by atoms with E-state index in [-0.39, 0.29) is 11.5 Å². The molecule has 0 aliphatic heterocycles. The average Bonchev–Trinajstić information content (AvgIpc) is 2.77. The van der Waals surface area contributed by atoms with Crippen LogP contribution in [0.4, 0.5) is 0 Å². The molecule has 0 unspecified atom stereocenters. The van der Waals surface area contributed by atoms with Gasteiger partial charge in [0.1, 0.15) is 5.56 Å². The molecule has 0 saturated carbocycles. The predicted octanol–water partition coefficient (Wildman–Crippen LogP) is 3.31. The van der Waals surface area contributed by atoms with Gasteiger partial charge >= 0.3 is 5.97 Å². The number of rotatable bonds is 3. The van der Waals surface area contributed by atoms with Crippen LogP contribution < -0.4 is 0 Å². The lowest BCUT2D eigenvalue weighted by atomic mass is 10.0. The Bertz CT molecular complexity index is 627. The first-order valence-corrected chi connectivity index (χ1v) is 6.30. The van der Waals surface area contributed by atoms with Crippen molar-refractivity contribution in [3.8, 4) is 5.69 Å². The Morgan fingerprint density at radius 1 is 1.26 bits per heavy atom. The van der Waals surface area contributed by atoms with Crippen LogP contribution in [-0.4, -0.2) is 20.9 Å². The molecule has 1 aromatic heterocycles. The highest BCUT2D eigenvalue weighted by atomic mass is 16.4. The molecule has 1 N–H and O–H groups in total. The summed E-state index contributed by atoms with van der Waals surface area (Å²) in [5.41, 5.74) is 4.28. The first kappa shape index (κ1) is 13.3. The molecule has 2 rings (SSSR count). The first-order valence-electron chi connectivity index (χ1n) is 6.30. The summed E-state index contributed by atoms with van der Waals surface area (Å²) >= 11 is 0.